The van der Waals surface area contributed by atoms with Gasteiger partial charge in [-0.2, -0.15) is 0 Å². The first-order chi connectivity index (χ1) is 9.66. The van der Waals surface area contributed by atoms with Gasteiger partial charge in [0.1, 0.15) is 0 Å². The van der Waals surface area contributed by atoms with E-state index in [0.29, 0.717) is 6.61 Å². The third kappa shape index (κ3) is 3.97. The Morgan fingerprint density at radius 1 is 1.48 bits per heavy atom. The van der Waals surface area contributed by atoms with Gasteiger partial charge in [0.05, 0.1) is 18.1 Å². The molecule has 1 aromatic heterocycles. The van der Waals surface area contributed by atoms with Crippen LogP contribution in [0.2, 0.25) is 0 Å². The Hall–Kier alpha value is -0.620. The van der Waals surface area contributed by atoms with E-state index in [1.807, 2.05) is 6.07 Å². The lowest BCUT2D eigenvalue weighted by molar-refractivity contribution is 0.0926. The van der Waals surface area contributed by atoms with Gasteiger partial charge in [-0.3, -0.25) is 4.79 Å². The van der Waals surface area contributed by atoms with Crippen molar-refractivity contribution in [2.24, 2.45) is 5.41 Å². The van der Waals surface area contributed by atoms with E-state index in [1.54, 1.807) is 11.3 Å². The number of halogens is 1. The Morgan fingerprint density at radius 3 is 2.95 bits per heavy atom. The van der Waals surface area contributed by atoms with Crippen molar-refractivity contribution in [3.8, 4) is 0 Å². The van der Waals surface area contributed by atoms with E-state index in [1.165, 1.54) is 10.4 Å². The standard InChI is InChI=1S/C15H22N2O2S.ClH/c1-15(3-5-16-6-4-15)10-17-14(18)13-8-11-9-19-7-2-12(11)20-13;/h8,16H,2-7,9-10H2,1H3,(H,17,18);1H. The van der Waals surface area contributed by atoms with Gasteiger partial charge in [0, 0.05) is 17.8 Å². The highest BCUT2D eigenvalue weighted by atomic mass is 35.5. The predicted molar refractivity (Wildman–Crippen MR) is 87.5 cm³/mol. The maximum absolute atomic E-state index is 12.3. The lowest BCUT2D eigenvalue weighted by Crippen LogP contribution is -2.42. The van der Waals surface area contributed by atoms with Crippen LogP contribution >= 0.6 is 23.7 Å². The molecule has 3 rings (SSSR count). The largest absolute Gasteiger partial charge is 0.376 e. The van der Waals surface area contributed by atoms with Crippen molar-refractivity contribution in [3.05, 3.63) is 21.4 Å². The van der Waals surface area contributed by atoms with E-state index in [4.69, 9.17) is 4.74 Å². The van der Waals surface area contributed by atoms with Crippen molar-refractivity contribution in [1.82, 2.24) is 10.6 Å². The van der Waals surface area contributed by atoms with Crippen LogP contribution in [0.25, 0.3) is 0 Å². The average molecular weight is 331 g/mol. The topological polar surface area (TPSA) is 50.4 Å². The molecule has 1 amide bonds. The van der Waals surface area contributed by atoms with E-state index in [9.17, 15) is 4.79 Å². The van der Waals surface area contributed by atoms with Crippen LogP contribution in [0.3, 0.4) is 0 Å². The van der Waals surface area contributed by atoms with Gasteiger partial charge in [-0.1, -0.05) is 6.92 Å². The maximum Gasteiger partial charge on any atom is 0.261 e. The van der Waals surface area contributed by atoms with E-state index in [0.717, 1.165) is 50.4 Å². The molecule has 0 unspecified atom stereocenters. The monoisotopic (exact) mass is 330 g/mol. The molecular weight excluding hydrogens is 308 g/mol. The first-order valence-corrected chi connectivity index (χ1v) is 8.16. The number of hydrogen-bond acceptors (Lipinski definition) is 4. The lowest BCUT2D eigenvalue weighted by atomic mass is 9.81. The number of fused-ring (bicyclic) bond motifs is 1. The summed E-state index contributed by atoms with van der Waals surface area (Å²) in [6.45, 7) is 6.57. The van der Waals surface area contributed by atoms with Crippen LogP contribution in [-0.4, -0.2) is 32.1 Å². The number of ether oxygens (including phenoxy) is 1. The predicted octanol–water partition coefficient (Wildman–Crippen LogP) is 2.36. The second-order valence-corrected chi connectivity index (χ2v) is 7.24. The molecule has 1 fully saturated rings. The van der Waals surface area contributed by atoms with E-state index >= 15 is 0 Å². The number of carbonyl (C=O) groups is 1. The Morgan fingerprint density at radius 2 is 2.24 bits per heavy atom. The summed E-state index contributed by atoms with van der Waals surface area (Å²) in [7, 11) is 0. The van der Waals surface area contributed by atoms with Gasteiger partial charge in [0.15, 0.2) is 0 Å². The normalized spacial score (nSPS) is 20.2. The van der Waals surface area contributed by atoms with Crippen molar-refractivity contribution < 1.29 is 9.53 Å². The molecule has 2 aliphatic heterocycles. The van der Waals surface area contributed by atoms with Gasteiger partial charge in [-0.05, 0) is 43.0 Å². The van der Waals surface area contributed by atoms with Crippen LogP contribution in [0.1, 0.15) is 39.9 Å². The van der Waals surface area contributed by atoms with Crippen LogP contribution in [-0.2, 0) is 17.8 Å². The summed E-state index contributed by atoms with van der Waals surface area (Å²) in [5, 5.41) is 6.49. The molecule has 0 spiro atoms. The number of carbonyl (C=O) groups excluding carboxylic acids is 1. The minimum absolute atomic E-state index is 0. The fourth-order valence-electron chi connectivity index (χ4n) is 2.85. The Balaban J connectivity index is 0.00000161. The number of thiophene rings is 1. The highest BCUT2D eigenvalue weighted by Gasteiger charge is 2.27. The fourth-order valence-corrected chi connectivity index (χ4v) is 3.91. The zero-order valence-electron chi connectivity index (χ0n) is 12.4. The van der Waals surface area contributed by atoms with E-state index < -0.39 is 0 Å². The second kappa shape index (κ2) is 7.09. The molecule has 4 nitrogen and oxygen atoms in total. The summed E-state index contributed by atoms with van der Waals surface area (Å²) in [6, 6.07) is 2.00. The van der Waals surface area contributed by atoms with Gasteiger partial charge in [-0.15, -0.1) is 23.7 Å². The molecule has 0 atom stereocenters. The number of rotatable bonds is 3. The fraction of sp³-hybridized carbons (Fsp3) is 0.667. The molecule has 0 saturated carbocycles. The third-order valence-electron chi connectivity index (χ3n) is 4.34. The Bertz CT molecular complexity index is 474. The molecule has 0 radical (unpaired) electrons. The highest BCUT2D eigenvalue weighted by Crippen LogP contribution is 2.29. The number of piperidine rings is 1. The molecule has 2 N–H and O–H groups in total. The van der Waals surface area contributed by atoms with Crippen LogP contribution in [0.15, 0.2) is 6.07 Å². The highest BCUT2D eigenvalue weighted by molar-refractivity contribution is 7.14. The summed E-state index contributed by atoms with van der Waals surface area (Å²) >= 11 is 1.62. The molecule has 118 valence electrons. The Kier molecular flexibility index (Phi) is 5.66. The van der Waals surface area contributed by atoms with Crippen LogP contribution in [0.4, 0.5) is 0 Å². The van der Waals surface area contributed by atoms with Gasteiger partial charge in [0.25, 0.3) is 5.91 Å². The first kappa shape index (κ1) is 16.7. The molecule has 3 heterocycles. The molecule has 6 heteroatoms. The number of hydrogen-bond donors (Lipinski definition) is 2. The molecule has 0 aliphatic carbocycles. The average Bonchev–Trinajstić information content (AvgIpc) is 2.89. The third-order valence-corrected chi connectivity index (χ3v) is 5.57. The lowest BCUT2D eigenvalue weighted by Gasteiger charge is -2.34. The van der Waals surface area contributed by atoms with E-state index in [2.05, 4.69) is 17.6 Å². The molecule has 1 aromatic rings. The number of nitrogens with one attached hydrogen (secondary N) is 2. The number of amides is 1. The van der Waals surface area contributed by atoms with Crippen molar-refractivity contribution >= 4 is 29.7 Å². The first-order valence-electron chi connectivity index (χ1n) is 7.35. The zero-order chi connectivity index (χ0) is 14.0. The summed E-state index contributed by atoms with van der Waals surface area (Å²) in [6.07, 6.45) is 3.20. The van der Waals surface area contributed by atoms with Crippen LogP contribution in [0, 0.1) is 5.41 Å². The summed E-state index contributed by atoms with van der Waals surface area (Å²) in [5.74, 6) is 0.0733. The van der Waals surface area contributed by atoms with Gasteiger partial charge >= 0.3 is 0 Å². The maximum atomic E-state index is 12.3. The summed E-state index contributed by atoms with van der Waals surface area (Å²) in [4.78, 5) is 14.4. The summed E-state index contributed by atoms with van der Waals surface area (Å²) in [5.41, 5.74) is 1.43. The molecule has 0 bridgehead atoms. The molecule has 21 heavy (non-hydrogen) atoms. The van der Waals surface area contributed by atoms with Crippen molar-refractivity contribution in [3.63, 3.8) is 0 Å². The van der Waals surface area contributed by atoms with Gasteiger partial charge < -0.3 is 15.4 Å². The SMILES string of the molecule is CC1(CNC(=O)c2cc3c(s2)CCOC3)CCNCC1.Cl. The molecule has 0 aromatic carbocycles. The summed E-state index contributed by atoms with van der Waals surface area (Å²) < 4.78 is 5.43. The zero-order valence-corrected chi connectivity index (χ0v) is 14.0. The van der Waals surface area contributed by atoms with Crippen molar-refractivity contribution in [2.45, 2.75) is 32.8 Å². The molecular formula is C15H23ClN2O2S. The Labute approximate surface area is 136 Å². The molecule has 2 aliphatic rings. The smallest absolute Gasteiger partial charge is 0.261 e. The second-order valence-electron chi connectivity index (χ2n) is 6.10. The van der Waals surface area contributed by atoms with Crippen LogP contribution in [0.5, 0.6) is 0 Å². The van der Waals surface area contributed by atoms with Crippen molar-refractivity contribution in [2.75, 3.05) is 26.2 Å². The minimum Gasteiger partial charge on any atom is -0.376 e. The van der Waals surface area contributed by atoms with Gasteiger partial charge in [0.2, 0.25) is 0 Å². The van der Waals surface area contributed by atoms with E-state index in [-0.39, 0.29) is 23.7 Å². The van der Waals surface area contributed by atoms with Gasteiger partial charge in [-0.25, -0.2) is 0 Å². The minimum atomic E-state index is 0. The quantitative estimate of drug-likeness (QED) is 0.894. The van der Waals surface area contributed by atoms with Crippen molar-refractivity contribution in [1.29, 1.82) is 0 Å². The molecule has 1 saturated heterocycles. The van der Waals surface area contributed by atoms with Crippen LogP contribution < -0.4 is 10.6 Å².